The van der Waals surface area contributed by atoms with Gasteiger partial charge in [-0.1, -0.05) is 61.2 Å². The Morgan fingerprint density at radius 3 is 2.45 bits per heavy atom. The van der Waals surface area contributed by atoms with Crippen molar-refractivity contribution in [1.82, 2.24) is 10.6 Å². The number of nitrogens with one attached hydrogen (secondary N) is 4. The largest absolute Gasteiger partial charge is 0.444 e. The number of hydrogen-bond acceptors (Lipinski definition) is 6. The highest BCUT2D eigenvalue weighted by atomic mass is 19.4. The molecule has 0 aliphatic heterocycles. The number of halogens is 3. The predicted molar refractivity (Wildman–Crippen MR) is 166 cm³/mol. The van der Waals surface area contributed by atoms with Gasteiger partial charge < -0.3 is 26.4 Å². The normalized spacial score (nSPS) is 15.9. The highest BCUT2D eigenvalue weighted by molar-refractivity contribution is 6.07. The van der Waals surface area contributed by atoms with E-state index in [1.54, 1.807) is 51.1 Å². The Kier molecular flexibility index (Phi) is 11.2. The van der Waals surface area contributed by atoms with E-state index in [2.05, 4.69) is 22.5 Å². The molecular formula is C33H38F3N5O3. The maximum Gasteiger partial charge on any atom is 0.432 e. The van der Waals surface area contributed by atoms with Gasteiger partial charge in [-0.05, 0) is 80.9 Å². The van der Waals surface area contributed by atoms with E-state index in [0.29, 0.717) is 35.9 Å². The molecule has 0 heterocycles. The molecule has 0 fully saturated rings. The second-order valence-corrected chi connectivity index (χ2v) is 11.4. The zero-order chi connectivity index (χ0) is 32.5. The van der Waals surface area contributed by atoms with Crippen LogP contribution in [0.15, 0.2) is 103 Å². The van der Waals surface area contributed by atoms with Crippen LogP contribution in [-0.4, -0.2) is 29.5 Å². The summed E-state index contributed by atoms with van der Waals surface area (Å²) in [5.41, 5.74) is 5.91. The van der Waals surface area contributed by atoms with E-state index >= 15 is 0 Å². The number of benzene rings is 2. The van der Waals surface area contributed by atoms with Gasteiger partial charge in [-0.25, -0.2) is 4.79 Å². The Morgan fingerprint density at radius 1 is 1.11 bits per heavy atom. The SMILES string of the molecule is C=C(N)CC(c1ccccc1)C1C=C(NC(=O)/C(=C/C(=N)C(F)(F)F)Nc2cccc(CNC(=O)OC(C)(C)C)c2)C=CC1. The van der Waals surface area contributed by atoms with E-state index in [4.69, 9.17) is 15.9 Å². The number of anilines is 1. The average molecular weight is 610 g/mol. The smallest absolute Gasteiger partial charge is 0.432 e. The Labute approximate surface area is 255 Å². The van der Waals surface area contributed by atoms with E-state index in [1.807, 2.05) is 42.5 Å². The van der Waals surface area contributed by atoms with Gasteiger partial charge >= 0.3 is 12.3 Å². The van der Waals surface area contributed by atoms with Gasteiger partial charge in [0.25, 0.3) is 5.91 Å². The van der Waals surface area contributed by atoms with E-state index in [-0.39, 0.29) is 24.1 Å². The van der Waals surface area contributed by atoms with Crippen LogP contribution >= 0.6 is 0 Å². The Morgan fingerprint density at radius 2 is 1.82 bits per heavy atom. The molecule has 11 heteroatoms. The number of rotatable bonds is 11. The zero-order valence-electron chi connectivity index (χ0n) is 24.9. The molecule has 1 aliphatic rings. The molecule has 3 rings (SSSR count). The lowest BCUT2D eigenvalue weighted by Crippen LogP contribution is -2.32. The molecular weight excluding hydrogens is 571 g/mol. The standard InChI is InChI=1S/C33H38F3N5O3/c1-21(37)16-27(23-11-6-5-7-12-23)24-13-9-15-26(18-24)41-30(42)28(19-29(38)33(34,35)36)40-25-14-8-10-22(17-25)20-39-31(43)44-32(2,3)4/h5-12,14-15,17-19,24,27,38,40H,1,13,16,20,37H2,2-4H3,(H,39,43)(H,41,42)/b28-19-,38-29?. The van der Waals surface area contributed by atoms with Crippen LogP contribution < -0.4 is 21.7 Å². The van der Waals surface area contributed by atoms with Crippen molar-refractivity contribution >= 4 is 23.4 Å². The number of nitrogens with two attached hydrogens (primary N) is 1. The third-order valence-electron chi connectivity index (χ3n) is 6.46. The predicted octanol–water partition coefficient (Wildman–Crippen LogP) is 6.81. The lowest BCUT2D eigenvalue weighted by Gasteiger charge is -2.27. The number of hydrogen-bond donors (Lipinski definition) is 5. The van der Waals surface area contributed by atoms with Crippen molar-refractivity contribution in [3.63, 3.8) is 0 Å². The van der Waals surface area contributed by atoms with Crippen molar-refractivity contribution in [2.45, 2.75) is 57.9 Å². The Bertz CT molecular complexity index is 1460. The molecule has 1 aliphatic carbocycles. The number of carbonyl (C=O) groups is 2. The topological polar surface area (TPSA) is 129 Å². The number of alkyl halides is 3. The Hall–Kier alpha value is -4.80. The molecule has 0 saturated carbocycles. The zero-order valence-corrected chi connectivity index (χ0v) is 24.9. The second-order valence-electron chi connectivity index (χ2n) is 11.4. The van der Waals surface area contributed by atoms with Crippen molar-refractivity contribution in [2.24, 2.45) is 11.7 Å². The van der Waals surface area contributed by atoms with Crippen LogP contribution in [-0.2, 0) is 16.1 Å². The van der Waals surface area contributed by atoms with Gasteiger partial charge in [0.1, 0.15) is 17.0 Å². The summed E-state index contributed by atoms with van der Waals surface area (Å²) < 4.78 is 45.2. The van der Waals surface area contributed by atoms with Gasteiger partial charge in [0.2, 0.25) is 0 Å². The molecule has 2 amide bonds. The second kappa shape index (κ2) is 14.6. The molecule has 234 valence electrons. The average Bonchev–Trinajstić information content (AvgIpc) is 2.94. The maximum atomic E-state index is 13.3. The van der Waals surface area contributed by atoms with Gasteiger partial charge in [-0.15, -0.1) is 0 Å². The highest BCUT2D eigenvalue weighted by Crippen LogP contribution is 2.35. The van der Waals surface area contributed by atoms with Crippen molar-refractivity contribution < 1.29 is 27.5 Å². The molecule has 2 atom stereocenters. The van der Waals surface area contributed by atoms with E-state index < -0.39 is 35.2 Å². The fourth-order valence-electron chi connectivity index (χ4n) is 4.56. The summed E-state index contributed by atoms with van der Waals surface area (Å²) in [5, 5.41) is 15.5. The van der Waals surface area contributed by atoms with Gasteiger partial charge in [0.05, 0.1) is 0 Å². The van der Waals surface area contributed by atoms with Crippen LogP contribution in [0.2, 0.25) is 0 Å². The van der Waals surface area contributed by atoms with Gasteiger partial charge in [0.15, 0.2) is 0 Å². The van der Waals surface area contributed by atoms with Crippen molar-refractivity contribution in [3.05, 3.63) is 114 Å². The minimum Gasteiger partial charge on any atom is -0.444 e. The molecule has 0 spiro atoms. The summed E-state index contributed by atoms with van der Waals surface area (Å²) in [6, 6.07) is 16.2. The third-order valence-corrected chi connectivity index (χ3v) is 6.46. The van der Waals surface area contributed by atoms with E-state index in [1.165, 1.54) is 0 Å². The van der Waals surface area contributed by atoms with Crippen molar-refractivity contribution in [1.29, 1.82) is 5.41 Å². The molecule has 44 heavy (non-hydrogen) atoms. The molecule has 0 aromatic heterocycles. The van der Waals surface area contributed by atoms with Crippen molar-refractivity contribution in [2.75, 3.05) is 5.32 Å². The number of alkyl carbamates (subject to hydrolysis) is 1. The van der Waals surface area contributed by atoms with Gasteiger partial charge in [-0.3, -0.25) is 10.2 Å². The Balaban J connectivity index is 1.82. The summed E-state index contributed by atoms with van der Waals surface area (Å²) in [4.78, 5) is 25.4. The molecule has 0 radical (unpaired) electrons. The summed E-state index contributed by atoms with van der Waals surface area (Å²) in [5.74, 6) is -0.970. The molecule has 2 unspecified atom stereocenters. The summed E-state index contributed by atoms with van der Waals surface area (Å²) in [6.45, 7) is 9.11. The molecule has 2 aromatic carbocycles. The molecule has 0 bridgehead atoms. The number of ether oxygens (including phenoxy) is 1. The van der Waals surface area contributed by atoms with Crippen LogP contribution in [0.1, 0.15) is 50.7 Å². The minimum atomic E-state index is -4.96. The van der Waals surface area contributed by atoms with Crippen LogP contribution in [0, 0.1) is 11.3 Å². The monoisotopic (exact) mass is 609 g/mol. The highest BCUT2D eigenvalue weighted by Gasteiger charge is 2.34. The lowest BCUT2D eigenvalue weighted by atomic mass is 9.79. The minimum absolute atomic E-state index is 0.0332. The first-order valence-electron chi connectivity index (χ1n) is 14.0. The quantitative estimate of drug-likeness (QED) is 0.141. The van der Waals surface area contributed by atoms with Crippen molar-refractivity contribution in [3.8, 4) is 0 Å². The van der Waals surface area contributed by atoms with Crippen LogP contribution in [0.5, 0.6) is 0 Å². The lowest BCUT2D eigenvalue weighted by molar-refractivity contribution is -0.116. The first-order valence-corrected chi connectivity index (χ1v) is 14.0. The number of carbonyl (C=O) groups excluding carboxylic acids is 2. The fourth-order valence-corrected chi connectivity index (χ4v) is 4.56. The summed E-state index contributed by atoms with van der Waals surface area (Å²) in [6.07, 6.45) is 1.44. The first kappa shape index (κ1) is 33.7. The molecule has 2 aromatic rings. The first-order chi connectivity index (χ1) is 20.6. The number of allylic oxidation sites excluding steroid dienone is 5. The number of amides is 2. The van der Waals surface area contributed by atoms with E-state index in [0.717, 1.165) is 5.56 Å². The molecule has 6 N–H and O–H groups in total. The third kappa shape index (κ3) is 10.8. The fraction of sp³-hybridized carbons (Fsp3) is 0.303. The van der Waals surface area contributed by atoms with Crippen LogP contribution in [0.4, 0.5) is 23.7 Å². The summed E-state index contributed by atoms with van der Waals surface area (Å²) in [7, 11) is 0. The molecule has 8 nitrogen and oxygen atoms in total. The van der Waals surface area contributed by atoms with E-state index in [9.17, 15) is 22.8 Å². The molecule has 0 saturated heterocycles. The summed E-state index contributed by atoms with van der Waals surface area (Å²) >= 11 is 0. The van der Waals surface area contributed by atoms with Crippen LogP contribution in [0.3, 0.4) is 0 Å². The van der Waals surface area contributed by atoms with Crippen LogP contribution in [0.25, 0.3) is 0 Å². The van der Waals surface area contributed by atoms with Gasteiger partial charge in [0, 0.05) is 23.6 Å². The van der Waals surface area contributed by atoms with Gasteiger partial charge in [-0.2, -0.15) is 13.2 Å². The maximum absolute atomic E-state index is 13.3.